The van der Waals surface area contributed by atoms with Crippen LogP contribution in [-0.2, 0) is 0 Å². The maximum absolute atomic E-state index is 12.3. The molecule has 0 radical (unpaired) electrons. The molecule has 0 saturated carbocycles. The van der Waals surface area contributed by atoms with Gasteiger partial charge in [0.15, 0.2) is 0 Å². The third-order valence-electron chi connectivity index (χ3n) is 3.45. The van der Waals surface area contributed by atoms with E-state index in [4.69, 9.17) is 11.6 Å². The Balaban J connectivity index is 2.10. The first kappa shape index (κ1) is 15.2. The van der Waals surface area contributed by atoms with Crippen molar-refractivity contribution in [1.82, 2.24) is 20.2 Å². The van der Waals surface area contributed by atoms with E-state index >= 15 is 0 Å². The number of nitrogens with one attached hydrogen (secondary N) is 1. The summed E-state index contributed by atoms with van der Waals surface area (Å²) in [7, 11) is 2.06. The highest BCUT2D eigenvalue weighted by Gasteiger charge is 2.22. The molecular formula is C14H21ClN4O. The van der Waals surface area contributed by atoms with Gasteiger partial charge in [0.25, 0.3) is 5.91 Å². The van der Waals surface area contributed by atoms with E-state index in [0.717, 1.165) is 25.9 Å². The molecule has 0 bridgehead atoms. The average molecular weight is 297 g/mol. The van der Waals surface area contributed by atoms with Gasteiger partial charge in [-0.25, -0.2) is 9.97 Å². The Morgan fingerprint density at radius 3 is 2.95 bits per heavy atom. The van der Waals surface area contributed by atoms with Crippen molar-refractivity contribution >= 4 is 17.5 Å². The fraction of sp³-hybridized carbons (Fsp3) is 0.643. The fourth-order valence-corrected chi connectivity index (χ4v) is 2.53. The van der Waals surface area contributed by atoms with Crippen molar-refractivity contribution in [3.63, 3.8) is 0 Å². The Bertz CT molecular complexity index is 492. The van der Waals surface area contributed by atoms with Crippen molar-refractivity contribution in [2.24, 2.45) is 0 Å². The number of rotatable bonds is 3. The maximum atomic E-state index is 12.3. The average Bonchev–Trinajstić information content (AvgIpc) is 2.38. The van der Waals surface area contributed by atoms with Gasteiger partial charge in [-0.05, 0) is 26.4 Å². The number of carbonyl (C=O) groups is 1. The number of hydrogen-bond donors (Lipinski definition) is 1. The maximum Gasteiger partial charge on any atom is 0.271 e. The highest BCUT2D eigenvalue weighted by Crippen LogP contribution is 2.17. The van der Waals surface area contributed by atoms with Crippen LogP contribution < -0.4 is 5.32 Å². The van der Waals surface area contributed by atoms with Crippen LogP contribution in [0.15, 0.2) is 6.20 Å². The molecular weight excluding hydrogens is 276 g/mol. The second-order valence-corrected chi connectivity index (χ2v) is 6.06. The van der Waals surface area contributed by atoms with E-state index in [1.54, 1.807) is 0 Å². The van der Waals surface area contributed by atoms with E-state index in [0.29, 0.717) is 10.8 Å². The summed E-state index contributed by atoms with van der Waals surface area (Å²) in [4.78, 5) is 23.0. The van der Waals surface area contributed by atoms with Crippen LogP contribution in [0, 0.1) is 0 Å². The molecule has 0 spiro atoms. The summed E-state index contributed by atoms with van der Waals surface area (Å²) < 4.78 is 0. The first-order valence-electron chi connectivity index (χ1n) is 6.99. The molecule has 2 heterocycles. The number of carbonyl (C=O) groups excluding carboxylic acids is 1. The number of likely N-dealkylation sites (tertiary alicyclic amines) is 1. The van der Waals surface area contributed by atoms with Crippen LogP contribution in [0.1, 0.15) is 48.9 Å². The summed E-state index contributed by atoms with van der Waals surface area (Å²) in [5.41, 5.74) is 0.276. The summed E-state index contributed by atoms with van der Waals surface area (Å²) in [5.74, 6) is 0.597. The van der Waals surface area contributed by atoms with Crippen molar-refractivity contribution in [2.45, 2.75) is 38.6 Å². The molecule has 110 valence electrons. The molecule has 1 atom stereocenters. The lowest BCUT2D eigenvalue weighted by Crippen LogP contribution is -2.46. The van der Waals surface area contributed by atoms with Crippen LogP contribution in [0.3, 0.4) is 0 Å². The summed E-state index contributed by atoms with van der Waals surface area (Å²) in [6.07, 6.45) is 3.60. The topological polar surface area (TPSA) is 58.1 Å². The highest BCUT2D eigenvalue weighted by atomic mass is 35.5. The minimum Gasteiger partial charge on any atom is -0.347 e. The molecule has 1 aliphatic rings. The lowest BCUT2D eigenvalue weighted by molar-refractivity contribution is 0.0907. The predicted molar refractivity (Wildman–Crippen MR) is 79.1 cm³/mol. The van der Waals surface area contributed by atoms with E-state index in [2.05, 4.69) is 27.2 Å². The monoisotopic (exact) mass is 296 g/mol. The second kappa shape index (κ2) is 6.50. The predicted octanol–water partition coefficient (Wildman–Crippen LogP) is 2.08. The molecule has 2 rings (SSSR count). The zero-order chi connectivity index (χ0) is 14.7. The number of halogens is 1. The molecule has 6 heteroatoms. The van der Waals surface area contributed by atoms with Gasteiger partial charge in [-0.2, -0.15) is 0 Å². The van der Waals surface area contributed by atoms with Crippen LogP contribution in [0.25, 0.3) is 0 Å². The SMILES string of the molecule is CC(C)c1ncc(Cl)c(C(=O)NC2CCCN(C)C2)n1. The second-order valence-electron chi connectivity index (χ2n) is 5.65. The van der Waals surface area contributed by atoms with Gasteiger partial charge in [0, 0.05) is 18.5 Å². The van der Waals surface area contributed by atoms with Crippen LogP contribution >= 0.6 is 11.6 Å². The van der Waals surface area contributed by atoms with Crippen molar-refractivity contribution in [2.75, 3.05) is 20.1 Å². The molecule has 1 aromatic rings. The largest absolute Gasteiger partial charge is 0.347 e. The van der Waals surface area contributed by atoms with Gasteiger partial charge >= 0.3 is 0 Å². The van der Waals surface area contributed by atoms with Gasteiger partial charge in [-0.15, -0.1) is 0 Å². The molecule has 1 amide bonds. The summed E-state index contributed by atoms with van der Waals surface area (Å²) in [5, 5.41) is 3.32. The summed E-state index contributed by atoms with van der Waals surface area (Å²) in [6.45, 7) is 5.92. The standard InChI is InChI=1S/C14H21ClN4O/c1-9(2)13-16-7-11(15)12(18-13)14(20)17-10-5-4-6-19(3)8-10/h7,9-10H,4-6,8H2,1-3H3,(H,17,20). The Morgan fingerprint density at radius 1 is 1.55 bits per heavy atom. The molecule has 1 N–H and O–H groups in total. The third-order valence-corrected chi connectivity index (χ3v) is 3.73. The van der Waals surface area contributed by atoms with Gasteiger partial charge in [0.1, 0.15) is 11.5 Å². The Labute approximate surface area is 124 Å². The molecule has 1 fully saturated rings. The molecule has 20 heavy (non-hydrogen) atoms. The smallest absolute Gasteiger partial charge is 0.271 e. The van der Waals surface area contributed by atoms with Gasteiger partial charge < -0.3 is 10.2 Å². The number of hydrogen-bond acceptors (Lipinski definition) is 4. The van der Waals surface area contributed by atoms with Gasteiger partial charge in [0.2, 0.25) is 0 Å². The lowest BCUT2D eigenvalue weighted by atomic mass is 10.1. The zero-order valence-electron chi connectivity index (χ0n) is 12.2. The Morgan fingerprint density at radius 2 is 2.30 bits per heavy atom. The number of likely N-dealkylation sites (N-methyl/N-ethyl adjacent to an activating group) is 1. The Hall–Kier alpha value is -1.20. The third kappa shape index (κ3) is 3.67. The van der Waals surface area contributed by atoms with Crippen LogP contribution in [0.5, 0.6) is 0 Å². The van der Waals surface area contributed by atoms with Gasteiger partial charge in [-0.3, -0.25) is 4.79 Å². The van der Waals surface area contributed by atoms with E-state index in [1.165, 1.54) is 6.20 Å². The zero-order valence-corrected chi connectivity index (χ0v) is 12.9. The summed E-state index contributed by atoms with van der Waals surface area (Å²) in [6, 6.07) is 0.162. The molecule has 1 unspecified atom stereocenters. The highest BCUT2D eigenvalue weighted by molar-refractivity contribution is 6.33. The molecule has 0 aromatic carbocycles. The molecule has 0 aliphatic carbocycles. The Kier molecular flexibility index (Phi) is 4.94. The van der Waals surface area contributed by atoms with E-state index < -0.39 is 0 Å². The van der Waals surface area contributed by atoms with Crippen LogP contribution in [0.4, 0.5) is 0 Å². The van der Waals surface area contributed by atoms with E-state index in [1.807, 2.05) is 13.8 Å². The number of nitrogens with zero attached hydrogens (tertiary/aromatic N) is 3. The van der Waals surface area contributed by atoms with Crippen molar-refractivity contribution in [3.8, 4) is 0 Å². The first-order valence-corrected chi connectivity index (χ1v) is 7.37. The number of piperidine rings is 1. The van der Waals surface area contributed by atoms with E-state index in [9.17, 15) is 4.79 Å². The summed E-state index contributed by atoms with van der Waals surface area (Å²) >= 11 is 6.05. The van der Waals surface area contributed by atoms with E-state index in [-0.39, 0.29) is 23.6 Å². The fourth-order valence-electron chi connectivity index (χ4n) is 2.36. The van der Waals surface area contributed by atoms with Gasteiger partial charge in [0.05, 0.1) is 11.2 Å². The molecule has 1 aliphatic heterocycles. The van der Waals surface area contributed by atoms with Crippen molar-refractivity contribution in [1.29, 1.82) is 0 Å². The quantitative estimate of drug-likeness (QED) is 0.928. The van der Waals surface area contributed by atoms with Crippen molar-refractivity contribution in [3.05, 3.63) is 22.7 Å². The van der Waals surface area contributed by atoms with Crippen molar-refractivity contribution < 1.29 is 4.79 Å². The number of aromatic nitrogens is 2. The molecule has 1 aromatic heterocycles. The minimum absolute atomic E-state index is 0.162. The van der Waals surface area contributed by atoms with Crippen LogP contribution in [0.2, 0.25) is 5.02 Å². The molecule has 1 saturated heterocycles. The van der Waals surface area contributed by atoms with Gasteiger partial charge in [-0.1, -0.05) is 25.4 Å². The normalized spacial score (nSPS) is 20.1. The lowest BCUT2D eigenvalue weighted by Gasteiger charge is -2.30. The first-order chi connectivity index (χ1) is 9.47. The number of amides is 1. The molecule has 5 nitrogen and oxygen atoms in total. The minimum atomic E-state index is -0.209. The van der Waals surface area contributed by atoms with Crippen LogP contribution in [-0.4, -0.2) is 47.0 Å².